The maximum atomic E-state index is 5.77. The Morgan fingerprint density at radius 2 is 1.71 bits per heavy atom. The van der Waals surface area contributed by atoms with E-state index >= 15 is 0 Å². The second-order valence-electron chi connectivity index (χ2n) is 5.25. The molecule has 0 aliphatic rings. The predicted octanol–water partition coefficient (Wildman–Crippen LogP) is 4.27. The number of benzene rings is 2. The molecule has 0 aliphatic heterocycles. The number of hydrogen-bond donors (Lipinski definition) is 1. The van der Waals surface area contributed by atoms with E-state index in [-0.39, 0.29) is 6.10 Å². The first-order valence-electron chi connectivity index (χ1n) is 7.34. The molecule has 2 aromatic carbocycles. The van der Waals surface area contributed by atoms with Gasteiger partial charge in [0, 0.05) is 6.54 Å². The molecule has 0 spiro atoms. The number of hydrogen-bond acceptors (Lipinski definition) is 3. The largest absolute Gasteiger partial charge is 0.492 e. The molecule has 0 aromatic heterocycles. The minimum Gasteiger partial charge on any atom is -0.492 e. The van der Waals surface area contributed by atoms with E-state index in [4.69, 9.17) is 9.47 Å². The van der Waals surface area contributed by atoms with E-state index in [2.05, 4.69) is 24.4 Å². The number of aryl methyl sites for hydroxylation is 1. The van der Waals surface area contributed by atoms with Crippen molar-refractivity contribution in [2.75, 3.05) is 18.5 Å². The second kappa shape index (κ2) is 7.58. The fourth-order valence-corrected chi connectivity index (χ4v) is 1.96. The number of nitrogens with one attached hydrogen (secondary N) is 1. The third kappa shape index (κ3) is 5.03. The van der Waals surface area contributed by atoms with Crippen LogP contribution in [0, 0.1) is 6.92 Å². The summed E-state index contributed by atoms with van der Waals surface area (Å²) in [6, 6.07) is 16.0. The zero-order chi connectivity index (χ0) is 15.1. The van der Waals surface area contributed by atoms with Crippen molar-refractivity contribution in [1.29, 1.82) is 0 Å². The van der Waals surface area contributed by atoms with Crippen LogP contribution >= 0.6 is 0 Å². The molecule has 0 radical (unpaired) electrons. The molecule has 3 heteroatoms. The van der Waals surface area contributed by atoms with Gasteiger partial charge in [0.05, 0.1) is 11.8 Å². The summed E-state index contributed by atoms with van der Waals surface area (Å²) in [5.74, 6) is 1.77. The van der Waals surface area contributed by atoms with Gasteiger partial charge in [-0.1, -0.05) is 29.8 Å². The summed E-state index contributed by atoms with van der Waals surface area (Å²) >= 11 is 0. The average Bonchev–Trinajstić information content (AvgIpc) is 2.46. The minimum absolute atomic E-state index is 0.164. The van der Waals surface area contributed by atoms with Gasteiger partial charge in [0.15, 0.2) is 0 Å². The Morgan fingerprint density at radius 1 is 1.00 bits per heavy atom. The number of para-hydroxylation sites is 2. The van der Waals surface area contributed by atoms with Crippen LogP contribution in [0.25, 0.3) is 0 Å². The molecule has 0 fully saturated rings. The lowest BCUT2D eigenvalue weighted by Gasteiger charge is -2.15. The lowest BCUT2D eigenvalue weighted by Crippen LogP contribution is -2.13. The van der Waals surface area contributed by atoms with Crippen LogP contribution in [0.2, 0.25) is 0 Å². The van der Waals surface area contributed by atoms with Crippen molar-refractivity contribution in [3.8, 4) is 11.5 Å². The van der Waals surface area contributed by atoms with Crippen molar-refractivity contribution >= 4 is 5.69 Å². The monoisotopic (exact) mass is 285 g/mol. The molecule has 3 nitrogen and oxygen atoms in total. The molecule has 2 aromatic rings. The number of ether oxygens (including phenoxy) is 2. The lowest BCUT2D eigenvalue weighted by atomic mass is 10.2. The maximum Gasteiger partial charge on any atom is 0.142 e. The van der Waals surface area contributed by atoms with Gasteiger partial charge in [0.1, 0.15) is 18.1 Å². The van der Waals surface area contributed by atoms with Gasteiger partial charge < -0.3 is 14.8 Å². The third-order valence-electron chi connectivity index (χ3n) is 2.96. The van der Waals surface area contributed by atoms with Gasteiger partial charge >= 0.3 is 0 Å². The van der Waals surface area contributed by atoms with Gasteiger partial charge in [-0.05, 0) is 45.0 Å². The van der Waals surface area contributed by atoms with Crippen LogP contribution in [-0.4, -0.2) is 19.3 Å². The van der Waals surface area contributed by atoms with Crippen LogP contribution in [0.4, 0.5) is 5.69 Å². The first-order chi connectivity index (χ1) is 10.1. The highest BCUT2D eigenvalue weighted by molar-refractivity contribution is 5.56. The van der Waals surface area contributed by atoms with Crippen LogP contribution in [0.1, 0.15) is 19.4 Å². The molecule has 0 unspecified atom stereocenters. The Balaban J connectivity index is 1.82. The molecule has 0 atom stereocenters. The molecule has 0 saturated heterocycles. The Bertz CT molecular complexity index is 549. The Hall–Kier alpha value is -2.16. The van der Waals surface area contributed by atoms with E-state index in [1.165, 1.54) is 5.56 Å². The maximum absolute atomic E-state index is 5.77. The van der Waals surface area contributed by atoms with Gasteiger partial charge in [-0.3, -0.25) is 0 Å². The summed E-state index contributed by atoms with van der Waals surface area (Å²) in [6.07, 6.45) is 0.164. The molecular formula is C18H23NO2. The summed E-state index contributed by atoms with van der Waals surface area (Å²) in [5, 5.41) is 3.35. The Morgan fingerprint density at radius 3 is 2.43 bits per heavy atom. The zero-order valence-electron chi connectivity index (χ0n) is 12.9. The van der Waals surface area contributed by atoms with Crippen LogP contribution in [-0.2, 0) is 0 Å². The highest BCUT2D eigenvalue weighted by Gasteiger charge is 2.04. The van der Waals surface area contributed by atoms with E-state index in [0.29, 0.717) is 6.61 Å². The van der Waals surface area contributed by atoms with Crippen molar-refractivity contribution in [3.05, 3.63) is 54.1 Å². The smallest absolute Gasteiger partial charge is 0.142 e. The van der Waals surface area contributed by atoms with Gasteiger partial charge in [-0.25, -0.2) is 0 Å². The van der Waals surface area contributed by atoms with E-state index in [1.54, 1.807) is 0 Å². The molecule has 0 amide bonds. The van der Waals surface area contributed by atoms with Crippen LogP contribution in [0.3, 0.4) is 0 Å². The van der Waals surface area contributed by atoms with Crippen molar-refractivity contribution in [2.45, 2.75) is 26.9 Å². The predicted molar refractivity (Wildman–Crippen MR) is 87.4 cm³/mol. The molecular weight excluding hydrogens is 262 g/mol. The Labute approximate surface area is 126 Å². The summed E-state index contributed by atoms with van der Waals surface area (Å²) in [6.45, 7) is 7.46. The van der Waals surface area contributed by atoms with Crippen molar-refractivity contribution in [1.82, 2.24) is 0 Å². The molecule has 2 rings (SSSR count). The normalized spacial score (nSPS) is 10.5. The summed E-state index contributed by atoms with van der Waals surface area (Å²) in [7, 11) is 0. The van der Waals surface area contributed by atoms with E-state index in [0.717, 1.165) is 23.7 Å². The van der Waals surface area contributed by atoms with Crippen molar-refractivity contribution < 1.29 is 9.47 Å². The summed E-state index contributed by atoms with van der Waals surface area (Å²) in [5.41, 5.74) is 2.24. The fourth-order valence-electron chi connectivity index (χ4n) is 1.96. The molecule has 1 N–H and O–H groups in total. The zero-order valence-corrected chi connectivity index (χ0v) is 12.9. The summed E-state index contributed by atoms with van der Waals surface area (Å²) in [4.78, 5) is 0. The van der Waals surface area contributed by atoms with Gasteiger partial charge in [-0.2, -0.15) is 0 Å². The highest BCUT2D eigenvalue weighted by atomic mass is 16.5. The quantitative estimate of drug-likeness (QED) is 0.770. The molecule has 0 saturated carbocycles. The number of anilines is 1. The van der Waals surface area contributed by atoms with Gasteiger partial charge in [-0.15, -0.1) is 0 Å². The molecule has 0 bridgehead atoms. The van der Waals surface area contributed by atoms with Crippen LogP contribution in [0.15, 0.2) is 48.5 Å². The van der Waals surface area contributed by atoms with Crippen molar-refractivity contribution in [3.63, 3.8) is 0 Å². The summed E-state index contributed by atoms with van der Waals surface area (Å²) < 4.78 is 11.5. The fraction of sp³-hybridized carbons (Fsp3) is 0.333. The number of rotatable bonds is 7. The SMILES string of the molecule is Cc1ccc(OCCNc2ccccc2OC(C)C)cc1. The average molecular weight is 285 g/mol. The lowest BCUT2D eigenvalue weighted by molar-refractivity contribution is 0.243. The highest BCUT2D eigenvalue weighted by Crippen LogP contribution is 2.24. The van der Waals surface area contributed by atoms with Crippen LogP contribution < -0.4 is 14.8 Å². The minimum atomic E-state index is 0.164. The molecule has 112 valence electrons. The van der Waals surface area contributed by atoms with Crippen molar-refractivity contribution in [2.24, 2.45) is 0 Å². The van der Waals surface area contributed by atoms with E-state index in [9.17, 15) is 0 Å². The van der Waals surface area contributed by atoms with Gasteiger partial charge in [0.25, 0.3) is 0 Å². The standard InChI is InChI=1S/C18H23NO2/c1-14(2)21-18-7-5-4-6-17(18)19-12-13-20-16-10-8-15(3)9-11-16/h4-11,14,19H,12-13H2,1-3H3. The molecule has 0 aliphatic carbocycles. The van der Waals surface area contributed by atoms with Gasteiger partial charge in [0.2, 0.25) is 0 Å². The third-order valence-corrected chi connectivity index (χ3v) is 2.96. The first kappa shape index (κ1) is 15.2. The Kier molecular flexibility index (Phi) is 5.50. The molecule has 21 heavy (non-hydrogen) atoms. The topological polar surface area (TPSA) is 30.5 Å². The van der Waals surface area contributed by atoms with E-state index < -0.39 is 0 Å². The first-order valence-corrected chi connectivity index (χ1v) is 7.34. The second-order valence-corrected chi connectivity index (χ2v) is 5.25. The molecule has 0 heterocycles. The van der Waals surface area contributed by atoms with E-state index in [1.807, 2.05) is 50.2 Å². The van der Waals surface area contributed by atoms with Crippen LogP contribution in [0.5, 0.6) is 11.5 Å².